The molecular formula is C9H22N3O+. The van der Waals surface area contributed by atoms with Gasteiger partial charge in [0.25, 0.3) is 0 Å². The van der Waals surface area contributed by atoms with Gasteiger partial charge in [-0.1, -0.05) is 0 Å². The third kappa shape index (κ3) is 7.74. The SMILES string of the molecule is C[N+](C)(C)CCCCC(N)C(N)=O. The van der Waals surface area contributed by atoms with E-state index >= 15 is 0 Å². The van der Waals surface area contributed by atoms with Crippen LogP contribution in [0.5, 0.6) is 0 Å². The Labute approximate surface area is 80.5 Å². The van der Waals surface area contributed by atoms with E-state index in [1.165, 1.54) is 0 Å². The van der Waals surface area contributed by atoms with Gasteiger partial charge in [0.1, 0.15) is 0 Å². The van der Waals surface area contributed by atoms with Crippen LogP contribution in [0.3, 0.4) is 0 Å². The molecule has 0 rings (SSSR count). The summed E-state index contributed by atoms with van der Waals surface area (Å²) in [5.41, 5.74) is 10.5. The second-order valence-corrected chi connectivity index (χ2v) is 4.52. The molecule has 0 aromatic rings. The van der Waals surface area contributed by atoms with Crippen molar-refractivity contribution in [1.29, 1.82) is 0 Å². The highest BCUT2D eigenvalue weighted by molar-refractivity contribution is 5.79. The van der Waals surface area contributed by atoms with E-state index < -0.39 is 11.9 Å². The zero-order chi connectivity index (χ0) is 10.5. The van der Waals surface area contributed by atoms with Gasteiger partial charge in [-0.3, -0.25) is 4.79 Å². The van der Waals surface area contributed by atoms with Gasteiger partial charge in [-0.2, -0.15) is 0 Å². The van der Waals surface area contributed by atoms with Crippen LogP contribution in [0.1, 0.15) is 19.3 Å². The molecule has 0 fully saturated rings. The van der Waals surface area contributed by atoms with E-state index in [0.29, 0.717) is 6.42 Å². The van der Waals surface area contributed by atoms with Gasteiger partial charge in [0.05, 0.1) is 33.7 Å². The number of unbranched alkanes of at least 4 members (excludes halogenated alkanes) is 1. The molecule has 13 heavy (non-hydrogen) atoms. The number of primary amides is 1. The molecule has 1 atom stereocenters. The maximum absolute atomic E-state index is 10.6. The first-order valence-corrected chi connectivity index (χ1v) is 4.68. The fraction of sp³-hybridized carbons (Fsp3) is 0.889. The van der Waals surface area contributed by atoms with Crippen molar-refractivity contribution in [3.05, 3.63) is 0 Å². The van der Waals surface area contributed by atoms with Crippen molar-refractivity contribution < 1.29 is 9.28 Å². The Balaban J connectivity index is 3.41. The third-order valence-corrected chi connectivity index (χ3v) is 1.96. The molecule has 4 nitrogen and oxygen atoms in total. The van der Waals surface area contributed by atoms with Gasteiger partial charge in [0.2, 0.25) is 5.91 Å². The Morgan fingerprint density at radius 2 is 1.85 bits per heavy atom. The highest BCUT2D eigenvalue weighted by Crippen LogP contribution is 2.02. The molecule has 0 radical (unpaired) electrons. The molecule has 0 saturated carbocycles. The second-order valence-electron chi connectivity index (χ2n) is 4.52. The lowest BCUT2D eigenvalue weighted by molar-refractivity contribution is -0.870. The van der Waals surface area contributed by atoms with Crippen LogP contribution in [0.15, 0.2) is 0 Å². The van der Waals surface area contributed by atoms with Crippen LogP contribution in [0.2, 0.25) is 0 Å². The van der Waals surface area contributed by atoms with Gasteiger partial charge in [-0.25, -0.2) is 0 Å². The molecule has 0 aromatic carbocycles. The molecule has 0 saturated heterocycles. The number of carbonyl (C=O) groups is 1. The molecular weight excluding hydrogens is 166 g/mol. The summed E-state index contributed by atoms with van der Waals surface area (Å²) >= 11 is 0. The average molecular weight is 188 g/mol. The number of carbonyl (C=O) groups excluding carboxylic acids is 1. The lowest BCUT2D eigenvalue weighted by atomic mass is 10.1. The van der Waals surface area contributed by atoms with Crippen LogP contribution in [0.4, 0.5) is 0 Å². The predicted octanol–water partition coefficient (Wildman–Crippen LogP) is -0.324. The quantitative estimate of drug-likeness (QED) is 0.443. The first-order valence-electron chi connectivity index (χ1n) is 4.68. The van der Waals surface area contributed by atoms with Crippen molar-refractivity contribution >= 4 is 5.91 Å². The Kier molecular flexibility index (Phi) is 4.95. The number of hydrogen-bond donors (Lipinski definition) is 2. The Morgan fingerprint density at radius 1 is 1.31 bits per heavy atom. The van der Waals surface area contributed by atoms with Crippen molar-refractivity contribution in [2.45, 2.75) is 25.3 Å². The minimum absolute atomic E-state index is 0.398. The van der Waals surface area contributed by atoms with Crippen LogP contribution in [0.25, 0.3) is 0 Å². The van der Waals surface area contributed by atoms with Crippen molar-refractivity contribution in [2.75, 3.05) is 27.7 Å². The fourth-order valence-electron chi connectivity index (χ4n) is 1.09. The van der Waals surface area contributed by atoms with Gasteiger partial charge in [-0.05, 0) is 19.3 Å². The molecule has 4 heteroatoms. The molecule has 0 aliphatic rings. The zero-order valence-electron chi connectivity index (χ0n) is 8.92. The van der Waals surface area contributed by atoms with E-state index in [1.807, 2.05) is 0 Å². The summed E-state index contributed by atoms with van der Waals surface area (Å²) in [6.07, 6.45) is 2.76. The summed E-state index contributed by atoms with van der Waals surface area (Å²) in [6, 6.07) is -0.465. The molecule has 4 N–H and O–H groups in total. The molecule has 0 bridgehead atoms. The van der Waals surface area contributed by atoms with E-state index in [2.05, 4.69) is 21.1 Å². The second kappa shape index (κ2) is 5.19. The Bertz CT molecular complexity index is 163. The highest BCUT2D eigenvalue weighted by Gasteiger charge is 2.10. The normalized spacial score (nSPS) is 14.2. The largest absolute Gasteiger partial charge is 0.368 e. The molecule has 0 aromatic heterocycles. The minimum atomic E-state index is -0.465. The number of nitrogens with two attached hydrogens (primary N) is 2. The highest BCUT2D eigenvalue weighted by atomic mass is 16.1. The van der Waals surface area contributed by atoms with Gasteiger partial charge < -0.3 is 16.0 Å². The van der Waals surface area contributed by atoms with E-state index in [1.54, 1.807) is 0 Å². The topological polar surface area (TPSA) is 69.1 Å². The van der Waals surface area contributed by atoms with Crippen molar-refractivity contribution in [2.24, 2.45) is 11.5 Å². The Hall–Kier alpha value is -0.610. The summed E-state index contributed by atoms with van der Waals surface area (Å²) in [4.78, 5) is 10.6. The first-order chi connectivity index (χ1) is 5.83. The summed E-state index contributed by atoms with van der Waals surface area (Å²) in [5, 5.41) is 0. The summed E-state index contributed by atoms with van der Waals surface area (Å²) in [5.74, 6) is -0.398. The number of nitrogens with zero attached hydrogens (tertiary/aromatic N) is 1. The lowest BCUT2D eigenvalue weighted by Gasteiger charge is -2.23. The summed E-state index contributed by atoms with van der Waals surface area (Å²) in [6.45, 7) is 1.10. The number of rotatable bonds is 6. The van der Waals surface area contributed by atoms with Gasteiger partial charge in [0.15, 0.2) is 0 Å². The van der Waals surface area contributed by atoms with E-state index in [-0.39, 0.29) is 0 Å². The number of quaternary nitrogens is 1. The van der Waals surface area contributed by atoms with E-state index in [0.717, 1.165) is 23.9 Å². The molecule has 1 unspecified atom stereocenters. The third-order valence-electron chi connectivity index (χ3n) is 1.96. The van der Waals surface area contributed by atoms with Crippen LogP contribution in [-0.4, -0.2) is 44.1 Å². The smallest absolute Gasteiger partial charge is 0.234 e. The minimum Gasteiger partial charge on any atom is -0.368 e. The van der Waals surface area contributed by atoms with E-state index in [9.17, 15) is 4.79 Å². The van der Waals surface area contributed by atoms with Crippen LogP contribution < -0.4 is 11.5 Å². The molecule has 0 heterocycles. The molecule has 78 valence electrons. The van der Waals surface area contributed by atoms with Crippen LogP contribution >= 0.6 is 0 Å². The van der Waals surface area contributed by atoms with Crippen molar-refractivity contribution in [1.82, 2.24) is 0 Å². The van der Waals surface area contributed by atoms with Gasteiger partial charge in [-0.15, -0.1) is 0 Å². The van der Waals surface area contributed by atoms with Crippen LogP contribution in [0, 0.1) is 0 Å². The average Bonchev–Trinajstić information content (AvgIpc) is 1.95. The molecule has 0 spiro atoms. The molecule has 1 amide bonds. The standard InChI is InChI=1S/C9H21N3O/c1-12(2,3)7-5-4-6-8(10)9(11)13/h8H,4-7,10H2,1-3H3,(H-,11,13)/p+1. The van der Waals surface area contributed by atoms with E-state index in [4.69, 9.17) is 11.5 Å². The van der Waals surface area contributed by atoms with Crippen molar-refractivity contribution in [3.8, 4) is 0 Å². The number of hydrogen-bond acceptors (Lipinski definition) is 2. The first kappa shape index (κ1) is 12.4. The summed E-state index contributed by atoms with van der Waals surface area (Å²) < 4.78 is 0.950. The predicted molar refractivity (Wildman–Crippen MR) is 53.9 cm³/mol. The maximum atomic E-state index is 10.6. The zero-order valence-corrected chi connectivity index (χ0v) is 8.92. The lowest BCUT2D eigenvalue weighted by Crippen LogP contribution is -2.37. The maximum Gasteiger partial charge on any atom is 0.234 e. The summed E-state index contributed by atoms with van der Waals surface area (Å²) in [7, 11) is 6.44. The monoisotopic (exact) mass is 188 g/mol. The van der Waals surface area contributed by atoms with Gasteiger partial charge >= 0.3 is 0 Å². The van der Waals surface area contributed by atoms with Crippen molar-refractivity contribution in [3.63, 3.8) is 0 Å². The molecule has 0 aliphatic heterocycles. The Morgan fingerprint density at radius 3 is 2.23 bits per heavy atom. The molecule has 0 aliphatic carbocycles. The van der Waals surface area contributed by atoms with Gasteiger partial charge in [0, 0.05) is 0 Å². The van der Waals surface area contributed by atoms with Crippen LogP contribution in [-0.2, 0) is 4.79 Å². The fourth-order valence-corrected chi connectivity index (χ4v) is 1.09. The number of amides is 1.